The van der Waals surface area contributed by atoms with E-state index in [1.165, 1.54) is 10.6 Å². The summed E-state index contributed by atoms with van der Waals surface area (Å²) in [5.74, 6) is -0.723. The second-order valence-corrected chi connectivity index (χ2v) is 5.29. The molecule has 0 atom stereocenters. The van der Waals surface area contributed by atoms with Crippen molar-refractivity contribution in [2.45, 2.75) is 13.0 Å². The summed E-state index contributed by atoms with van der Waals surface area (Å²) in [5, 5.41) is 8.94. The van der Waals surface area contributed by atoms with Crippen LogP contribution in [0.25, 0.3) is 5.65 Å². The topological polar surface area (TPSA) is 122 Å². The smallest absolute Gasteiger partial charge is 0.347 e. The monoisotopic (exact) mass is 325 g/mol. The first-order valence-electron chi connectivity index (χ1n) is 7.24. The molecular formula is C16H15N5O3. The maximum Gasteiger partial charge on any atom is 0.347 e. The van der Waals surface area contributed by atoms with Crippen molar-refractivity contribution in [2.75, 3.05) is 0 Å². The fourth-order valence-electron chi connectivity index (χ4n) is 2.36. The number of fused-ring (bicyclic) bond motifs is 1. The number of nitrogens with zero attached hydrogens (tertiary/aromatic N) is 2. The van der Waals surface area contributed by atoms with E-state index in [2.05, 4.69) is 15.5 Å². The molecule has 0 unspecified atom stereocenters. The van der Waals surface area contributed by atoms with Gasteiger partial charge in [-0.1, -0.05) is 24.3 Å². The van der Waals surface area contributed by atoms with Crippen LogP contribution in [0.3, 0.4) is 0 Å². The van der Waals surface area contributed by atoms with Gasteiger partial charge in [-0.25, -0.2) is 14.3 Å². The highest BCUT2D eigenvalue weighted by Crippen LogP contribution is 2.08. The van der Waals surface area contributed by atoms with Crippen molar-refractivity contribution in [1.29, 1.82) is 0 Å². The van der Waals surface area contributed by atoms with Crippen LogP contribution in [0.1, 0.15) is 21.5 Å². The average molecular weight is 325 g/mol. The van der Waals surface area contributed by atoms with E-state index in [9.17, 15) is 14.4 Å². The lowest BCUT2D eigenvalue weighted by Gasteiger charge is -2.07. The average Bonchev–Trinajstić information content (AvgIpc) is 2.95. The molecule has 122 valence electrons. The minimum Gasteiger partial charge on any atom is -0.369 e. The van der Waals surface area contributed by atoms with Crippen LogP contribution in [0.15, 0.2) is 47.4 Å². The lowest BCUT2D eigenvalue weighted by Crippen LogP contribution is -2.24. The quantitative estimate of drug-likeness (QED) is 0.610. The van der Waals surface area contributed by atoms with Crippen LogP contribution in [0, 0.1) is 0 Å². The Morgan fingerprint density at radius 3 is 2.58 bits per heavy atom. The predicted molar refractivity (Wildman–Crippen MR) is 86.3 cm³/mol. The van der Waals surface area contributed by atoms with Crippen LogP contribution in [0.2, 0.25) is 0 Å². The number of hydrogen-bond donors (Lipinski definition) is 3. The zero-order valence-electron chi connectivity index (χ0n) is 12.7. The van der Waals surface area contributed by atoms with Gasteiger partial charge in [0.25, 0.3) is 5.91 Å². The SMILES string of the molecule is NC(=O)Cc1ccc(CNC(=O)c2cccn3c(=O)[nH]nc23)cc1. The molecule has 2 heterocycles. The molecule has 0 aliphatic heterocycles. The van der Waals surface area contributed by atoms with Crippen molar-refractivity contribution < 1.29 is 9.59 Å². The van der Waals surface area contributed by atoms with Gasteiger partial charge in [0, 0.05) is 12.7 Å². The highest BCUT2D eigenvalue weighted by molar-refractivity contribution is 5.99. The minimum atomic E-state index is -0.398. The summed E-state index contributed by atoms with van der Waals surface area (Å²) in [6.45, 7) is 0.311. The van der Waals surface area contributed by atoms with Crippen LogP contribution in [-0.2, 0) is 17.8 Å². The fourth-order valence-corrected chi connectivity index (χ4v) is 2.36. The third-order valence-electron chi connectivity index (χ3n) is 3.54. The summed E-state index contributed by atoms with van der Waals surface area (Å²) < 4.78 is 1.27. The molecule has 2 amide bonds. The molecule has 3 aromatic rings. The Kier molecular flexibility index (Phi) is 4.11. The molecule has 2 aromatic heterocycles. The van der Waals surface area contributed by atoms with Gasteiger partial charge in [0.1, 0.15) is 0 Å². The van der Waals surface area contributed by atoms with E-state index >= 15 is 0 Å². The first-order chi connectivity index (χ1) is 11.5. The van der Waals surface area contributed by atoms with Gasteiger partial charge in [0.2, 0.25) is 5.91 Å². The van der Waals surface area contributed by atoms with E-state index in [4.69, 9.17) is 5.73 Å². The van der Waals surface area contributed by atoms with Gasteiger partial charge >= 0.3 is 5.69 Å². The van der Waals surface area contributed by atoms with Crippen LogP contribution in [-0.4, -0.2) is 26.4 Å². The Morgan fingerprint density at radius 2 is 1.88 bits per heavy atom. The standard InChI is InChI=1S/C16H15N5O3/c17-13(22)8-10-3-5-11(6-4-10)9-18-15(23)12-2-1-7-21-14(12)19-20-16(21)24/h1-7H,8-9H2,(H2,17,22)(H,18,23)(H,20,24). The van der Waals surface area contributed by atoms with Crippen molar-refractivity contribution in [1.82, 2.24) is 19.9 Å². The maximum absolute atomic E-state index is 12.3. The van der Waals surface area contributed by atoms with Crippen molar-refractivity contribution in [2.24, 2.45) is 5.73 Å². The van der Waals surface area contributed by atoms with E-state index in [1.807, 2.05) is 12.1 Å². The summed E-state index contributed by atoms with van der Waals surface area (Å²) >= 11 is 0. The number of H-pyrrole nitrogens is 1. The molecule has 8 nitrogen and oxygen atoms in total. The van der Waals surface area contributed by atoms with Gasteiger partial charge in [0.05, 0.1) is 12.0 Å². The second-order valence-electron chi connectivity index (χ2n) is 5.29. The zero-order valence-corrected chi connectivity index (χ0v) is 12.7. The number of amides is 2. The molecular weight excluding hydrogens is 310 g/mol. The molecule has 0 aliphatic rings. The molecule has 0 aliphatic carbocycles. The summed E-state index contributed by atoms with van der Waals surface area (Å²) in [6.07, 6.45) is 1.72. The first-order valence-corrected chi connectivity index (χ1v) is 7.24. The Hall–Kier alpha value is -3.42. The van der Waals surface area contributed by atoms with Gasteiger partial charge in [0.15, 0.2) is 5.65 Å². The van der Waals surface area contributed by atoms with Gasteiger partial charge in [-0.05, 0) is 23.3 Å². The molecule has 0 saturated carbocycles. The fraction of sp³-hybridized carbons (Fsp3) is 0.125. The number of carbonyl (C=O) groups is 2. The molecule has 8 heteroatoms. The minimum absolute atomic E-state index is 0.183. The Bertz CT molecular complexity index is 956. The number of aromatic amines is 1. The molecule has 0 spiro atoms. The molecule has 24 heavy (non-hydrogen) atoms. The van der Waals surface area contributed by atoms with Gasteiger partial charge < -0.3 is 11.1 Å². The van der Waals surface area contributed by atoms with E-state index in [0.29, 0.717) is 12.1 Å². The number of aromatic nitrogens is 3. The van der Waals surface area contributed by atoms with Crippen molar-refractivity contribution in [3.05, 3.63) is 69.8 Å². The number of hydrogen-bond acceptors (Lipinski definition) is 4. The van der Waals surface area contributed by atoms with Crippen LogP contribution in [0.4, 0.5) is 0 Å². The molecule has 0 radical (unpaired) electrons. The van der Waals surface area contributed by atoms with Crippen LogP contribution in [0.5, 0.6) is 0 Å². The van der Waals surface area contributed by atoms with E-state index in [1.54, 1.807) is 24.3 Å². The molecule has 0 bridgehead atoms. The van der Waals surface area contributed by atoms with Crippen LogP contribution < -0.4 is 16.7 Å². The van der Waals surface area contributed by atoms with E-state index in [-0.39, 0.29) is 18.0 Å². The zero-order chi connectivity index (χ0) is 17.1. The maximum atomic E-state index is 12.3. The number of nitrogens with two attached hydrogens (primary N) is 1. The Labute approximate surface area is 136 Å². The summed E-state index contributed by atoms with van der Waals surface area (Å²) in [5.41, 5.74) is 7.02. The normalized spacial score (nSPS) is 10.7. The molecule has 0 saturated heterocycles. The van der Waals surface area contributed by atoms with Gasteiger partial charge in [-0.15, -0.1) is 0 Å². The Morgan fingerprint density at radius 1 is 1.17 bits per heavy atom. The second kappa shape index (κ2) is 6.37. The molecule has 0 fully saturated rings. The van der Waals surface area contributed by atoms with Crippen molar-refractivity contribution in [3.63, 3.8) is 0 Å². The third kappa shape index (κ3) is 3.17. The van der Waals surface area contributed by atoms with E-state index in [0.717, 1.165) is 11.1 Å². The van der Waals surface area contributed by atoms with Gasteiger partial charge in [-0.3, -0.25) is 9.59 Å². The number of primary amides is 1. The largest absolute Gasteiger partial charge is 0.369 e. The highest BCUT2D eigenvalue weighted by atomic mass is 16.2. The number of pyridine rings is 1. The van der Waals surface area contributed by atoms with Crippen molar-refractivity contribution in [3.8, 4) is 0 Å². The van der Waals surface area contributed by atoms with Crippen LogP contribution >= 0.6 is 0 Å². The molecule has 4 N–H and O–H groups in total. The molecule has 1 aromatic carbocycles. The predicted octanol–water partition coefficient (Wildman–Crippen LogP) is -0.0196. The summed E-state index contributed by atoms with van der Waals surface area (Å²) in [4.78, 5) is 34.7. The number of carbonyl (C=O) groups excluding carboxylic acids is 2. The van der Waals surface area contributed by atoms with Crippen molar-refractivity contribution >= 4 is 17.5 Å². The lowest BCUT2D eigenvalue weighted by atomic mass is 10.1. The Balaban J connectivity index is 1.71. The third-order valence-corrected chi connectivity index (χ3v) is 3.54. The summed E-state index contributed by atoms with van der Waals surface area (Å²) in [7, 11) is 0. The number of nitrogens with one attached hydrogen (secondary N) is 2. The highest BCUT2D eigenvalue weighted by Gasteiger charge is 2.12. The summed E-state index contributed by atoms with van der Waals surface area (Å²) in [6, 6.07) is 10.4. The first kappa shape index (κ1) is 15.5. The number of rotatable bonds is 5. The van der Waals surface area contributed by atoms with Gasteiger partial charge in [-0.2, -0.15) is 5.10 Å². The lowest BCUT2D eigenvalue weighted by molar-refractivity contribution is -0.117. The number of benzene rings is 1. The van der Waals surface area contributed by atoms with E-state index < -0.39 is 11.6 Å². The molecule has 3 rings (SSSR count).